The van der Waals surface area contributed by atoms with Crippen molar-refractivity contribution < 1.29 is 17.9 Å². The summed E-state index contributed by atoms with van der Waals surface area (Å²) in [5, 5.41) is 2.65. The quantitative estimate of drug-likeness (QED) is 0.734. The standard InChI is InChI=1S/C12H24N2O4S/c1-3-4-5-12(15)13-6-9-19(16,17)14-7-8-18-10-11(14)2/h11H,3-10H2,1-2H3,(H,13,15). The second-order valence-electron chi connectivity index (χ2n) is 4.80. The maximum absolute atomic E-state index is 12.1. The van der Waals surface area contributed by atoms with Gasteiger partial charge in [0, 0.05) is 25.6 Å². The van der Waals surface area contributed by atoms with Crippen molar-refractivity contribution in [1.82, 2.24) is 9.62 Å². The van der Waals surface area contributed by atoms with Gasteiger partial charge in [0.1, 0.15) is 0 Å². The fraction of sp³-hybridized carbons (Fsp3) is 0.917. The van der Waals surface area contributed by atoms with Gasteiger partial charge in [-0.25, -0.2) is 8.42 Å². The summed E-state index contributed by atoms with van der Waals surface area (Å²) in [6.07, 6.45) is 2.25. The summed E-state index contributed by atoms with van der Waals surface area (Å²) in [7, 11) is -3.31. The number of rotatable bonds is 7. The molecule has 1 saturated heterocycles. The third kappa shape index (κ3) is 5.46. The molecule has 0 saturated carbocycles. The Morgan fingerprint density at radius 3 is 2.84 bits per heavy atom. The summed E-state index contributed by atoms with van der Waals surface area (Å²) in [6.45, 7) is 5.28. The fourth-order valence-electron chi connectivity index (χ4n) is 1.99. The highest BCUT2D eigenvalue weighted by molar-refractivity contribution is 7.89. The highest BCUT2D eigenvalue weighted by Crippen LogP contribution is 2.12. The van der Waals surface area contributed by atoms with Gasteiger partial charge in [0.2, 0.25) is 15.9 Å². The maximum Gasteiger partial charge on any atom is 0.220 e. The molecule has 0 aliphatic carbocycles. The van der Waals surface area contributed by atoms with Crippen LogP contribution in [0.5, 0.6) is 0 Å². The SMILES string of the molecule is CCCCC(=O)NCCS(=O)(=O)N1CCOCC1C. The predicted molar refractivity (Wildman–Crippen MR) is 73.3 cm³/mol. The van der Waals surface area contributed by atoms with Crippen LogP contribution >= 0.6 is 0 Å². The van der Waals surface area contributed by atoms with Gasteiger partial charge >= 0.3 is 0 Å². The first-order chi connectivity index (χ1) is 8.97. The van der Waals surface area contributed by atoms with Crippen molar-refractivity contribution >= 4 is 15.9 Å². The lowest BCUT2D eigenvalue weighted by Crippen LogP contribution is -2.49. The van der Waals surface area contributed by atoms with Crippen molar-refractivity contribution in [3.05, 3.63) is 0 Å². The van der Waals surface area contributed by atoms with Crippen LogP contribution < -0.4 is 5.32 Å². The molecular weight excluding hydrogens is 268 g/mol. The maximum atomic E-state index is 12.1. The Kier molecular flexibility index (Phi) is 6.74. The van der Waals surface area contributed by atoms with Crippen molar-refractivity contribution in [1.29, 1.82) is 0 Å². The molecular formula is C12H24N2O4S. The highest BCUT2D eigenvalue weighted by atomic mass is 32.2. The molecule has 1 aliphatic heterocycles. The second kappa shape index (κ2) is 7.81. The van der Waals surface area contributed by atoms with Gasteiger partial charge in [-0.1, -0.05) is 13.3 Å². The number of carbonyl (C=O) groups excluding carboxylic acids is 1. The Hall–Kier alpha value is -0.660. The minimum absolute atomic E-state index is 0.0464. The first-order valence-corrected chi connectivity index (χ1v) is 8.42. The van der Waals surface area contributed by atoms with E-state index in [9.17, 15) is 13.2 Å². The topological polar surface area (TPSA) is 75.7 Å². The average Bonchev–Trinajstić information content (AvgIpc) is 2.36. The van der Waals surface area contributed by atoms with E-state index in [0.29, 0.717) is 26.2 Å². The first-order valence-electron chi connectivity index (χ1n) is 6.81. The van der Waals surface area contributed by atoms with Gasteiger partial charge in [-0.3, -0.25) is 4.79 Å². The Labute approximate surface area is 115 Å². The Bertz CT molecular complexity index is 383. The molecule has 112 valence electrons. The van der Waals surface area contributed by atoms with Crippen LogP contribution in [0.4, 0.5) is 0 Å². The van der Waals surface area contributed by atoms with Gasteiger partial charge in [-0.05, 0) is 13.3 Å². The molecule has 0 aromatic carbocycles. The van der Waals surface area contributed by atoms with Crippen molar-refractivity contribution in [3.63, 3.8) is 0 Å². The lowest BCUT2D eigenvalue weighted by atomic mass is 10.2. The Balaban J connectivity index is 2.36. The van der Waals surface area contributed by atoms with E-state index in [1.807, 2.05) is 13.8 Å². The van der Waals surface area contributed by atoms with E-state index in [2.05, 4.69) is 5.32 Å². The largest absolute Gasteiger partial charge is 0.378 e. The monoisotopic (exact) mass is 292 g/mol. The van der Waals surface area contributed by atoms with Gasteiger partial charge in [-0.15, -0.1) is 0 Å². The van der Waals surface area contributed by atoms with Crippen LogP contribution in [0.15, 0.2) is 0 Å². The van der Waals surface area contributed by atoms with E-state index >= 15 is 0 Å². The molecule has 1 unspecified atom stereocenters. The average molecular weight is 292 g/mol. The summed E-state index contributed by atoms with van der Waals surface area (Å²) in [4.78, 5) is 11.4. The minimum atomic E-state index is -3.31. The van der Waals surface area contributed by atoms with Gasteiger partial charge in [0.15, 0.2) is 0 Å². The molecule has 1 aliphatic rings. The van der Waals surface area contributed by atoms with Crippen molar-refractivity contribution in [2.45, 2.75) is 39.2 Å². The first kappa shape index (κ1) is 16.4. The smallest absolute Gasteiger partial charge is 0.220 e. The zero-order valence-corrected chi connectivity index (χ0v) is 12.5. The van der Waals surface area contributed by atoms with E-state index in [0.717, 1.165) is 12.8 Å². The number of nitrogens with zero attached hydrogens (tertiary/aromatic N) is 1. The summed E-state index contributed by atoms with van der Waals surface area (Å²) < 4.78 is 30.9. The van der Waals surface area contributed by atoms with Crippen LogP contribution in [-0.4, -0.2) is 56.7 Å². The van der Waals surface area contributed by atoms with Crippen LogP contribution in [0.3, 0.4) is 0 Å². The molecule has 1 amide bonds. The lowest BCUT2D eigenvalue weighted by Gasteiger charge is -2.32. The number of ether oxygens (including phenoxy) is 1. The number of hydrogen-bond donors (Lipinski definition) is 1. The summed E-state index contributed by atoms with van der Waals surface area (Å²) in [5.74, 6) is -0.123. The third-order valence-electron chi connectivity index (χ3n) is 3.10. The molecule has 1 rings (SSSR count). The number of sulfonamides is 1. The predicted octanol–water partition coefficient (Wildman–Crippen LogP) is 0.343. The molecule has 1 heterocycles. The Morgan fingerprint density at radius 1 is 1.47 bits per heavy atom. The summed E-state index contributed by atoms with van der Waals surface area (Å²) in [5.41, 5.74) is 0. The summed E-state index contributed by atoms with van der Waals surface area (Å²) in [6, 6.07) is -0.130. The van der Waals surface area contributed by atoms with Gasteiger partial charge in [0.05, 0.1) is 19.0 Å². The zero-order valence-electron chi connectivity index (χ0n) is 11.7. The molecule has 0 spiro atoms. The number of unbranched alkanes of at least 4 members (excludes halogenated alkanes) is 1. The molecule has 1 N–H and O–H groups in total. The molecule has 7 heteroatoms. The van der Waals surface area contributed by atoms with Crippen molar-refractivity contribution in [2.24, 2.45) is 0 Å². The summed E-state index contributed by atoms with van der Waals surface area (Å²) >= 11 is 0. The number of carbonyl (C=O) groups is 1. The van der Waals surface area contributed by atoms with E-state index < -0.39 is 10.0 Å². The minimum Gasteiger partial charge on any atom is -0.378 e. The molecule has 0 aromatic rings. The lowest BCUT2D eigenvalue weighted by molar-refractivity contribution is -0.121. The molecule has 0 bridgehead atoms. The molecule has 1 atom stereocenters. The highest BCUT2D eigenvalue weighted by Gasteiger charge is 2.29. The van der Waals surface area contributed by atoms with Crippen LogP contribution in [0, 0.1) is 0 Å². The van der Waals surface area contributed by atoms with Crippen LogP contribution in [0.1, 0.15) is 33.1 Å². The Morgan fingerprint density at radius 2 is 2.21 bits per heavy atom. The molecule has 6 nitrogen and oxygen atoms in total. The third-order valence-corrected chi connectivity index (χ3v) is 5.08. The van der Waals surface area contributed by atoms with E-state index in [1.54, 1.807) is 0 Å². The van der Waals surface area contributed by atoms with E-state index in [1.165, 1.54) is 4.31 Å². The molecule has 0 radical (unpaired) electrons. The number of morpholine rings is 1. The fourth-order valence-corrected chi connectivity index (χ4v) is 3.54. The van der Waals surface area contributed by atoms with Gasteiger partial charge < -0.3 is 10.1 Å². The van der Waals surface area contributed by atoms with Gasteiger partial charge in [-0.2, -0.15) is 4.31 Å². The zero-order chi connectivity index (χ0) is 14.3. The van der Waals surface area contributed by atoms with E-state index in [4.69, 9.17) is 4.74 Å². The van der Waals surface area contributed by atoms with Crippen LogP contribution in [0.2, 0.25) is 0 Å². The van der Waals surface area contributed by atoms with E-state index in [-0.39, 0.29) is 24.2 Å². The molecule has 1 fully saturated rings. The second-order valence-corrected chi connectivity index (χ2v) is 6.85. The van der Waals surface area contributed by atoms with Crippen LogP contribution in [0.25, 0.3) is 0 Å². The number of amides is 1. The number of hydrogen-bond acceptors (Lipinski definition) is 4. The number of nitrogens with one attached hydrogen (secondary N) is 1. The normalized spacial score (nSPS) is 21.3. The van der Waals surface area contributed by atoms with Crippen molar-refractivity contribution in [2.75, 3.05) is 32.1 Å². The molecule has 0 aromatic heterocycles. The van der Waals surface area contributed by atoms with Crippen LogP contribution in [-0.2, 0) is 19.6 Å². The van der Waals surface area contributed by atoms with Gasteiger partial charge in [0.25, 0.3) is 0 Å². The van der Waals surface area contributed by atoms with Crippen molar-refractivity contribution in [3.8, 4) is 0 Å². The molecule has 19 heavy (non-hydrogen) atoms.